The fourth-order valence-electron chi connectivity index (χ4n) is 6.25. The Morgan fingerprint density at radius 2 is 2.15 bits per heavy atom. The lowest BCUT2D eigenvalue weighted by atomic mass is 9.49. The smallest absolute Gasteiger partial charge is 0.174 e. The summed E-state index contributed by atoms with van der Waals surface area (Å²) in [4.78, 5) is 15.2. The summed E-state index contributed by atoms with van der Waals surface area (Å²) < 4.78 is 6.04. The third-order valence-corrected chi connectivity index (χ3v) is 7.42. The Bertz CT molecular complexity index is 778. The van der Waals surface area contributed by atoms with Crippen LogP contribution in [0.4, 0.5) is 0 Å². The van der Waals surface area contributed by atoms with Crippen molar-refractivity contribution in [2.45, 2.75) is 75.0 Å². The number of Topliss-reactive ketones (excluding diaryl/α,β-unsaturated/α-hetero) is 1. The van der Waals surface area contributed by atoms with Crippen molar-refractivity contribution in [1.29, 1.82) is 0 Å². The number of carbonyl (C=O) groups excluding carboxylic acids is 1. The minimum Gasteiger partial charge on any atom is -0.504 e. The largest absolute Gasteiger partial charge is 0.504 e. The maximum Gasteiger partial charge on any atom is 0.174 e. The van der Waals surface area contributed by atoms with E-state index >= 15 is 0 Å². The highest BCUT2D eigenvalue weighted by Crippen LogP contribution is 2.64. The molecule has 2 N–H and O–H groups in total. The molecule has 5 rings (SSSR count). The second kappa shape index (κ2) is 5.46. The molecular weight excluding hydrogens is 330 g/mol. The fraction of sp³-hybridized carbons (Fsp3) is 0.667. The maximum absolute atomic E-state index is 12.7. The predicted octanol–water partition coefficient (Wildman–Crippen LogP) is 2.31. The number of phenolic OH excluding ortho intramolecular Hbond substituents is 1. The number of piperidine rings is 1. The third kappa shape index (κ3) is 1.81. The van der Waals surface area contributed by atoms with Gasteiger partial charge in [-0.05, 0) is 50.4 Å². The molecule has 4 atom stereocenters. The number of unbranched alkanes of at least 4 members (excludes halogenated alkanes) is 2. The lowest BCUT2D eigenvalue weighted by molar-refractivity contribution is -0.188. The highest BCUT2D eigenvalue weighted by atomic mass is 16.5. The van der Waals surface area contributed by atoms with Crippen molar-refractivity contribution >= 4 is 5.78 Å². The number of likely N-dealkylation sites (tertiary alicyclic amines) is 1. The Kier molecular flexibility index (Phi) is 3.48. The van der Waals surface area contributed by atoms with Crippen LogP contribution in [0.2, 0.25) is 0 Å². The van der Waals surface area contributed by atoms with Crippen LogP contribution in [0.3, 0.4) is 0 Å². The van der Waals surface area contributed by atoms with Gasteiger partial charge in [-0.2, -0.15) is 0 Å². The average molecular weight is 357 g/mol. The highest BCUT2D eigenvalue weighted by molar-refractivity contribution is 5.90. The van der Waals surface area contributed by atoms with Crippen LogP contribution in [-0.2, 0) is 16.6 Å². The lowest BCUT2D eigenvalue weighted by Gasteiger charge is -2.62. The summed E-state index contributed by atoms with van der Waals surface area (Å²) in [6.07, 6.45) is 5.20. The van der Waals surface area contributed by atoms with Gasteiger partial charge in [0.2, 0.25) is 0 Å². The zero-order chi connectivity index (χ0) is 18.1. The second-order valence-corrected chi connectivity index (χ2v) is 8.52. The first-order valence-corrected chi connectivity index (χ1v) is 10.0. The molecule has 2 fully saturated rings. The zero-order valence-electron chi connectivity index (χ0n) is 15.3. The molecular formula is C21H27NO4. The van der Waals surface area contributed by atoms with Crippen LogP contribution in [0.25, 0.3) is 0 Å². The maximum atomic E-state index is 12.7. The number of carbonyl (C=O) groups is 1. The number of hydrogen-bond donors (Lipinski definition) is 2. The second-order valence-electron chi connectivity index (χ2n) is 8.52. The fourth-order valence-corrected chi connectivity index (χ4v) is 6.25. The number of hydrogen-bond acceptors (Lipinski definition) is 5. The van der Waals surface area contributed by atoms with Crippen LogP contribution in [0, 0.1) is 0 Å². The van der Waals surface area contributed by atoms with Gasteiger partial charge in [-0.15, -0.1) is 0 Å². The van der Waals surface area contributed by atoms with Crippen molar-refractivity contribution in [2.75, 3.05) is 13.1 Å². The van der Waals surface area contributed by atoms with Crippen LogP contribution in [-0.4, -0.2) is 51.7 Å². The van der Waals surface area contributed by atoms with E-state index in [1.807, 2.05) is 6.07 Å². The molecule has 1 saturated heterocycles. The van der Waals surface area contributed by atoms with Gasteiger partial charge in [0.1, 0.15) is 0 Å². The van der Waals surface area contributed by atoms with Crippen molar-refractivity contribution in [3.8, 4) is 11.5 Å². The molecule has 26 heavy (non-hydrogen) atoms. The van der Waals surface area contributed by atoms with Crippen LogP contribution >= 0.6 is 0 Å². The van der Waals surface area contributed by atoms with Crippen LogP contribution < -0.4 is 4.74 Å². The summed E-state index contributed by atoms with van der Waals surface area (Å²) in [5, 5.41) is 22.3. The van der Waals surface area contributed by atoms with Gasteiger partial charge >= 0.3 is 0 Å². The minimum atomic E-state index is -0.956. The van der Waals surface area contributed by atoms with Crippen molar-refractivity contribution in [3.63, 3.8) is 0 Å². The Morgan fingerprint density at radius 1 is 1.31 bits per heavy atom. The summed E-state index contributed by atoms with van der Waals surface area (Å²) in [6, 6.07) is 3.66. The van der Waals surface area contributed by atoms with Crippen LogP contribution in [0.1, 0.15) is 56.6 Å². The normalized spacial score (nSPS) is 37.4. The van der Waals surface area contributed by atoms with Gasteiger partial charge in [-0.1, -0.05) is 25.8 Å². The van der Waals surface area contributed by atoms with Crippen molar-refractivity contribution in [1.82, 2.24) is 4.90 Å². The average Bonchev–Trinajstić information content (AvgIpc) is 2.98. The summed E-state index contributed by atoms with van der Waals surface area (Å²) in [5.74, 6) is 0.599. The number of ether oxygens (including phenoxy) is 1. The van der Waals surface area contributed by atoms with E-state index in [-0.39, 0.29) is 17.6 Å². The van der Waals surface area contributed by atoms with E-state index in [1.54, 1.807) is 6.07 Å². The van der Waals surface area contributed by atoms with E-state index in [0.717, 1.165) is 37.1 Å². The summed E-state index contributed by atoms with van der Waals surface area (Å²) >= 11 is 0. The quantitative estimate of drug-likeness (QED) is 0.809. The van der Waals surface area contributed by atoms with Crippen molar-refractivity contribution < 1.29 is 19.7 Å². The number of aromatic hydroxyl groups is 1. The first kappa shape index (κ1) is 16.6. The molecule has 2 heterocycles. The zero-order valence-corrected chi connectivity index (χ0v) is 15.3. The molecule has 1 saturated carbocycles. The molecule has 0 radical (unpaired) electrons. The molecule has 0 aromatic heterocycles. The van der Waals surface area contributed by atoms with Gasteiger partial charge in [0.25, 0.3) is 0 Å². The molecule has 5 heteroatoms. The molecule has 4 aliphatic rings. The van der Waals surface area contributed by atoms with Gasteiger partial charge in [0.15, 0.2) is 23.4 Å². The van der Waals surface area contributed by atoms with Gasteiger partial charge in [0, 0.05) is 18.0 Å². The number of rotatable bonds is 4. The Labute approximate surface area is 154 Å². The molecule has 0 amide bonds. The number of phenols is 1. The number of nitrogens with zero attached hydrogens (tertiary/aromatic N) is 1. The summed E-state index contributed by atoms with van der Waals surface area (Å²) in [7, 11) is 0. The van der Waals surface area contributed by atoms with Gasteiger partial charge in [-0.25, -0.2) is 0 Å². The monoisotopic (exact) mass is 357 g/mol. The Balaban J connectivity index is 1.65. The van der Waals surface area contributed by atoms with Crippen molar-refractivity contribution in [2.24, 2.45) is 0 Å². The summed E-state index contributed by atoms with van der Waals surface area (Å²) in [6.45, 7) is 4.08. The van der Waals surface area contributed by atoms with Crippen molar-refractivity contribution in [3.05, 3.63) is 23.3 Å². The van der Waals surface area contributed by atoms with Gasteiger partial charge in [-0.3, -0.25) is 9.69 Å². The molecule has 0 unspecified atom stereocenters. The van der Waals surface area contributed by atoms with Gasteiger partial charge in [0.05, 0.1) is 11.0 Å². The SMILES string of the molecule is CCCCCN1CC[C@]23c4c5ccc(O)c4O[C@H]2C(=O)CC[C@@]3(O)[C@H]1C5. The molecule has 1 spiro atoms. The molecule has 1 aromatic rings. The van der Waals surface area contributed by atoms with E-state index in [2.05, 4.69) is 11.8 Å². The molecule has 2 aliphatic carbocycles. The van der Waals surface area contributed by atoms with Gasteiger partial charge < -0.3 is 14.9 Å². The number of aliphatic hydroxyl groups is 1. The lowest BCUT2D eigenvalue weighted by Crippen LogP contribution is -2.76. The molecule has 2 bridgehead atoms. The highest BCUT2D eigenvalue weighted by Gasteiger charge is 2.73. The molecule has 140 valence electrons. The van der Waals surface area contributed by atoms with E-state index < -0.39 is 17.1 Å². The summed E-state index contributed by atoms with van der Waals surface area (Å²) in [5.41, 5.74) is 0.408. The first-order chi connectivity index (χ1) is 12.5. The first-order valence-electron chi connectivity index (χ1n) is 10.0. The minimum absolute atomic E-state index is 0.0234. The number of benzene rings is 1. The number of ketones is 1. The third-order valence-electron chi connectivity index (χ3n) is 7.42. The molecule has 2 aliphatic heterocycles. The Morgan fingerprint density at radius 3 is 2.96 bits per heavy atom. The van der Waals surface area contributed by atoms with Crippen LogP contribution in [0.15, 0.2) is 12.1 Å². The Hall–Kier alpha value is -1.59. The van der Waals surface area contributed by atoms with E-state index in [9.17, 15) is 15.0 Å². The topological polar surface area (TPSA) is 70.0 Å². The van der Waals surface area contributed by atoms with E-state index in [0.29, 0.717) is 25.0 Å². The van der Waals surface area contributed by atoms with Crippen LogP contribution in [0.5, 0.6) is 11.5 Å². The molecule has 5 nitrogen and oxygen atoms in total. The standard InChI is InChI=1S/C21H27NO4/c1-2-3-4-10-22-11-9-20-17-13-5-6-14(23)18(17)26-19(20)15(24)7-8-21(20,25)16(22)12-13/h5-6,16,19,23,25H,2-4,7-12H2,1H3/t16-,19+,20+,21-/m1/s1. The van der Waals surface area contributed by atoms with E-state index in [4.69, 9.17) is 4.74 Å². The van der Waals surface area contributed by atoms with E-state index in [1.165, 1.54) is 12.8 Å². The predicted molar refractivity (Wildman–Crippen MR) is 96.6 cm³/mol. The molecule has 1 aromatic carbocycles.